The van der Waals surface area contributed by atoms with E-state index in [1.807, 2.05) is 19.1 Å². The van der Waals surface area contributed by atoms with Gasteiger partial charge in [0.2, 0.25) is 5.91 Å². The average molecular weight is 440 g/mol. The molecule has 0 fully saturated rings. The number of halogens is 1. The number of amides is 1. The largest absolute Gasteiger partial charge is 0.353 e. The molecule has 5 nitrogen and oxygen atoms in total. The summed E-state index contributed by atoms with van der Waals surface area (Å²) in [5.41, 5.74) is 0.583. The highest BCUT2D eigenvalue weighted by atomic mass is 79.9. The molecule has 0 bridgehead atoms. The summed E-state index contributed by atoms with van der Waals surface area (Å²) in [6.45, 7) is 10.8. The molecule has 1 heterocycles. The Balaban J connectivity index is 2.31. The Morgan fingerprint density at radius 2 is 1.96 bits per heavy atom. The van der Waals surface area contributed by atoms with Gasteiger partial charge in [0.15, 0.2) is 5.16 Å². The molecule has 0 saturated heterocycles. The zero-order chi connectivity index (χ0) is 19.4. The summed E-state index contributed by atoms with van der Waals surface area (Å²) >= 11 is 4.72. The van der Waals surface area contributed by atoms with Crippen molar-refractivity contribution in [1.82, 2.24) is 14.9 Å². The first kappa shape index (κ1) is 21.0. The van der Waals surface area contributed by atoms with Gasteiger partial charge in [-0.25, -0.2) is 4.98 Å². The van der Waals surface area contributed by atoms with Gasteiger partial charge in [0.25, 0.3) is 5.56 Å². The van der Waals surface area contributed by atoms with E-state index in [9.17, 15) is 9.59 Å². The minimum atomic E-state index is -0.0662. The summed E-state index contributed by atoms with van der Waals surface area (Å²) in [7, 11) is 0. The molecule has 0 saturated carbocycles. The summed E-state index contributed by atoms with van der Waals surface area (Å²) in [4.78, 5) is 29.8. The molecule has 142 valence electrons. The molecule has 1 N–H and O–H groups in total. The summed E-state index contributed by atoms with van der Waals surface area (Å²) in [5, 5.41) is 4.16. The summed E-state index contributed by atoms with van der Waals surface area (Å²) in [6, 6.07) is 5.61. The van der Waals surface area contributed by atoms with Crippen LogP contribution < -0.4 is 10.9 Å². The lowest BCUT2D eigenvalue weighted by molar-refractivity contribution is -0.119. The van der Waals surface area contributed by atoms with E-state index in [0.717, 1.165) is 4.47 Å². The molecular formula is C19H26BrN3O2S. The fourth-order valence-corrected chi connectivity index (χ4v) is 3.58. The summed E-state index contributed by atoms with van der Waals surface area (Å²) in [6.07, 6.45) is 0. The van der Waals surface area contributed by atoms with E-state index in [2.05, 4.69) is 53.9 Å². The van der Waals surface area contributed by atoms with E-state index in [1.54, 1.807) is 10.6 Å². The number of hydrogen-bond acceptors (Lipinski definition) is 4. The van der Waals surface area contributed by atoms with Gasteiger partial charge >= 0.3 is 0 Å². The smallest absolute Gasteiger partial charge is 0.262 e. The molecule has 26 heavy (non-hydrogen) atoms. The SMILES string of the molecule is CC(C)Cn1c(SCC(=O)NC(C)C(C)C)nc2ccc(Br)cc2c1=O. The van der Waals surface area contributed by atoms with Gasteiger partial charge in [-0.1, -0.05) is 55.4 Å². The number of nitrogens with one attached hydrogen (secondary N) is 1. The Morgan fingerprint density at radius 3 is 2.58 bits per heavy atom. The van der Waals surface area contributed by atoms with Crippen LogP contribution in [0, 0.1) is 11.8 Å². The van der Waals surface area contributed by atoms with Crippen molar-refractivity contribution in [1.29, 1.82) is 0 Å². The third-order valence-corrected chi connectivity index (χ3v) is 5.62. The third-order valence-electron chi connectivity index (χ3n) is 4.15. The van der Waals surface area contributed by atoms with Gasteiger partial charge < -0.3 is 5.32 Å². The van der Waals surface area contributed by atoms with Crippen LogP contribution in [0.4, 0.5) is 0 Å². The topological polar surface area (TPSA) is 64.0 Å². The predicted molar refractivity (Wildman–Crippen MR) is 112 cm³/mol. The van der Waals surface area contributed by atoms with E-state index in [0.29, 0.717) is 34.4 Å². The summed E-state index contributed by atoms with van der Waals surface area (Å²) < 4.78 is 2.53. The number of carbonyl (C=O) groups is 1. The second-order valence-electron chi connectivity index (χ2n) is 7.25. The molecule has 2 rings (SSSR count). The minimum Gasteiger partial charge on any atom is -0.353 e. The maximum absolute atomic E-state index is 12.9. The van der Waals surface area contributed by atoms with Crippen molar-refractivity contribution in [3.63, 3.8) is 0 Å². The van der Waals surface area contributed by atoms with Crippen molar-refractivity contribution in [3.05, 3.63) is 33.0 Å². The van der Waals surface area contributed by atoms with Crippen LogP contribution in [-0.4, -0.2) is 27.3 Å². The van der Waals surface area contributed by atoms with Gasteiger partial charge in [0, 0.05) is 17.1 Å². The number of aromatic nitrogens is 2. The Labute approximate surface area is 167 Å². The van der Waals surface area contributed by atoms with E-state index in [4.69, 9.17) is 0 Å². The highest BCUT2D eigenvalue weighted by Gasteiger charge is 2.16. The molecule has 1 atom stereocenters. The van der Waals surface area contributed by atoms with Crippen molar-refractivity contribution in [2.24, 2.45) is 11.8 Å². The molecule has 1 unspecified atom stereocenters. The molecule has 0 spiro atoms. The quantitative estimate of drug-likeness (QED) is 0.521. The van der Waals surface area contributed by atoms with Crippen molar-refractivity contribution in [2.45, 2.75) is 52.4 Å². The van der Waals surface area contributed by atoms with Crippen LogP contribution in [0.3, 0.4) is 0 Å². The number of rotatable bonds is 7. The van der Waals surface area contributed by atoms with Crippen LogP contribution >= 0.6 is 27.7 Å². The van der Waals surface area contributed by atoms with Crippen molar-refractivity contribution >= 4 is 44.5 Å². The Hall–Kier alpha value is -1.34. The maximum atomic E-state index is 12.9. The van der Waals surface area contributed by atoms with E-state index < -0.39 is 0 Å². The van der Waals surface area contributed by atoms with Crippen LogP contribution in [0.2, 0.25) is 0 Å². The number of thioether (sulfide) groups is 1. The average Bonchev–Trinajstić information content (AvgIpc) is 2.56. The van der Waals surface area contributed by atoms with Crippen LogP contribution in [-0.2, 0) is 11.3 Å². The number of hydrogen-bond donors (Lipinski definition) is 1. The van der Waals surface area contributed by atoms with Gasteiger partial charge in [0.05, 0.1) is 16.7 Å². The second kappa shape index (κ2) is 9.04. The van der Waals surface area contributed by atoms with Gasteiger partial charge in [-0.2, -0.15) is 0 Å². The number of nitrogens with zero attached hydrogens (tertiary/aromatic N) is 2. The fraction of sp³-hybridized carbons (Fsp3) is 0.526. The zero-order valence-electron chi connectivity index (χ0n) is 15.9. The Kier molecular flexibility index (Phi) is 7.29. The molecule has 1 aromatic heterocycles. The standard InChI is InChI=1S/C19H26BrN3O2S/c1-11(2)9-23-18(25)15-8-14(20)6-7-16(15)22-19(23)26-10-17(24)21-13(5)12(3)4/h6-8,11-13H,9-10H2,1-5H3,(H,21,24). The summed E-state index contributed by atoms with van der Waals surface area (Å²) in [5.74, 6) is 0.870. The first-order valence-electron chi connectivity index (χ1n) is 8.81. The lowest BCUT2D eigenvalue weighted by Gasteiger charge is -2.18. The van der Waals surface area contributed by atoms with Gasteiger partial charge in [-0.05, 0) is 37.0 Å². The normalized spacial score (nSPS) is 12.8. The lowest BCUT2D eigenvalue weighted by atomic mass is 10.1. The van der Waals surface area contributed by atoms with Gasteiger partial charge in [-0.15, -0.1) is 0 Å². The number of benzene rings is 1. The van der Waals surface area contributed by atoms with Gasteiger partial charge in [-0.3, -0.25) is 14.2 Å². The first-order chi connectivity index (χ1) is 12.2. The number of carbonyl (C=O) groups excluding carboxylic acids is 1. The van der Waals surface area contributed by atoms with E-state index in [-0.39, 0.29) is 23.3 Å². The van der Waals surface area contributed by atoms with Crippen LogP contribution in [0.1, 0.15) is 34.6 Å². The molecule has 0 aliphatic carbocycles. The third kappa shape index (κ3) is 5.33. The van der Waals surface area contributed by atoms with E-state index >= 15 is 0 Å². The Morgan fingerprint density at radius 1 is 1.27 bits per heavy atom. The van der Waals surface area contributed by atoms with Crippen LogP contribution in [0.5, 0.6) is 0 Å². The molecule has 0 aliphatic rings. The highest BCUT2D eigenvalue weighted by molar-refractivity contribution is 9.10. The predicted octanol–water partition coefficient (Wildman–Crippen LogP) is 4.07. The molecule has 1 amide bonds. The molecular weight excluding hydrogens is 414 g/mol. The molecule has 0 aliphatic heterocycles. The number of fused-ring (bicyclic) bond motifs is 1. The molecule has 0 radical (unpaired) electrons. The monoisotopic (exact) mass is 439 g/mol. The molecule has 7 heteroatoms. The molecule has 1 aromatic carbocycles. The molecule has 2 aromatic rings. The lowest BCUT2D eigenvalue weighted by Crippen LogP contribution is -2.37. The van der Waals surface area contributed by atoms with Crippen molar-refractivity contribution in [2.75, 3.05) is 5.75 Å². The maximum Gasteiger partial charge on any atom is 0.262 e. The second-order valence-corrected chi connectivity index (χ2v) is 9.11. The van der Waals surface area contributed by atoms with Crippen molar-refractivity contribution in [3.8, 4) is 0 Å². The van der Waals surface area contributed by atoms with Crippen LogP contribution in [0.25, 0.3) is 10.9 Å². The van der Waals surface area contributed by atoms with E-state index in [1.165, 1.54) is 11.8 Å². The minimum absolute atomic E-state index is 0.0440. The van der Waals surface area contributed by atoms with Gasteiger partial charge in [0.1, 0.15) is 0 Å². The zero-order valence-corrected chi connectivity index (χ0v) is 18.3. The Bertz CT molecular complexity index is 849. The first-order valence-corrected chi connectivity index (χ1v) is 10.6. The highest BCUT2D eigenvalue weighted by Crippen LogP contribution is 2.21. The van der Waals surface area contributed by atoms with Crippen LogP contribution in [0.15, 0.2) is 32.6 Å². The van der Waals surface area contributed by atoms with Crippen molar-refractivity contribution < 1.29 is 4.79 Å². The fourth-order valence-electron chi connectivity index (χ4n) is 2.40.